The molecule has 0 bridgehead atoms. The van der Waals surface area contributed by atoms with Crippen LogP contribution in [0.5, 0.6) is 0 Å². The van der Waals surface area contributed by atoms with Crippen molar-refractivity contribution in [3.8, 4) is 28.2 Å². The fourth-order valence-corrected chi connectivity index (χ4v) is 4.56. The van der Waals surface area contributed by atoms with Gasteiger partial charge in [0.05, 0.1) is 16.6 Å². The first-order chi connectivity index (χ1) is 17.5. The molecule has 36 heavy (non-hydrogen) atoms. The highest BCUT2D eigenvalue weighted by atomic mass is 19.1. The third-order valence-electron chi connectivity index (χ3n) is 6.10. The molecule has 0 radical (unpaired) electrons. The van der Waals surface area contributed by atoms with Gasteiger partial charge in [0.1, 0.15) is 40.6 Å². The Hall–Kier alpha value is -4.73. The van der Waals surface area contributed by atoms with E-state index in [1.807, 2.05) is 29.7 Å². The van der Waals surface area contributed by atoms with E-state index in [1.165, 1.54) is 12.5 Å². The van der Waals surface area contributed by atoms with Crippen molar-refractivity contribution >= 4 is 27.8 Å². The fourth-order valence-electron chi connectivity index (χ4n) is 4.56. The number of halogens is 2. The van der Waals surface area contributed by atoms with Crippen molar-refractivity contribution in [3.63, 3.8) is 0 Å². The molecule has 6 aromatic rings. The summed E-state index contributed by atoms with van der Waals surface area (Å²) in [5.74, 6) is 0.466. The van der Waals surface area contributed by atoms with E-state index in [0.29, 0.717) is 40.6 Å². The summed E-state index contributed by atoms with van der Waals surface area (Å²) in [6.45, 7) is 2.04. The Balaban J connectivity index is 1.75. The minimum absolute atomic E-state index is 0.0367. The Labute approximate surface area is 203 Å². The zero-order valence-corrected chi connectivity index (χ0v) is 19.2. The van der Waals surface area contributed by atoms with E-state index < -0.39 is 11.6 Å². The summed E-state index contributed by atoms with van der Waals surface area (Å²) in [5, 5.41) is 7.01. The smallest absolute Gasteiger partial charge is 0.157 e. The second-order valence-electron chi connectivity index (χ2n) is 8.39. The number of rotatable bonds is 5. The van der Waals surface area contributed by atoms with Crippen LogP contribution >= 0.6 is 0 Å². The first-order valence-electron chi connectivity index (χ1n) is 11.4. The molecule has 2 aromatic carbocycles. The van der Waals surface area contributed by atoms with Gasteiger partial charge in [0.25, 0.3) is 0 Å². The van der Waals surface area contributed by atoms with E-state index in [1.54, 1.807) is 18.3 Å². The average Bonchev–Trinajstić information content (AvgIpc) is 3.54. The van der Waals surface area contributed by atoms with E-state index >= 15 is 4.39 Å². The van der Waals surface area contributed by atoms with Crippen LogP contribution in [0.1, 0.15) is 19.2 Å². The van der Waals surface area contributed by atoms with Gasteiger partial charge in [-0.25, -0.2) is 23.7 Å². The first kappa shape index (κ1) is 21.8. The Morgan fingerprint density at radius 3 is 2.53 bits per heavy atom. The van der Waals surface area contributed by atoms with Gasteiger partial charge >= 0.3 is 0 Å². The zero-order valence-electron chi connectivity index (χ0n) is 19.2. The number of nitrogens with two attached hydrogens (primary N) is 1. The number of nitrogen functional groups attached to an aromatic ring is 1. The molecule has 0 saturated carbocycles. The van der Waals surface area contributed by atoms with Crippen LogP contribution in [-0.4, -0.2) is 34.7 Å². The summed E-state index contributed by atoms with van der Waals surface area (Å²) in [5.41, 5.74) is 10.1. The highest BCUT2D eigenvalue weighted by Crippen LogP contribution is 2.36. The Morgan fingerprint density at radius 1 is 0.917 bits per heavy atom. The molecule has 10 heteroatoms. The quantitative estimate of drug-likeness (QED) is 0.348. The lowest BCUT2D eigenvalue weighted by Crippen LogP contribution is -2.04. The number of nitrogens with zero attached hydrogens (tertiary/aromatic N) is 6. The number of hydrogen-bond acceptors (Lipinski definition) is 6. The van der Waals surface area contributed by atoms with Gasteiger partial charge in [0.2, 0.25) is 0 Å². The van der Waals surface area contributed by atoms with Crippen LogP contribution < -0.4 is 5.73 Å². The number of aromatic nitrogens is 7. The molecule has 4 heterocycles. The van der Waals surface area contributed by atoms with Crippen LogP contribution in [0.2, 0.25) is 0 Å². The number of pyridine rings is 2. The lowest BCUT2D eigenvalue weighted by atomic mass is 10.0. The Bertz CT molecular complexity index is 1740. The Kier molecular flexibility index (Phi) is 5.14. The van der Waals surface area contributed by atoms with Crippen LogP contribution in [0.25, 0.3) is 50.1 Å². The van der Waals surface area contributed by atoms with Gasteiger partial charge in [0, 0.05) is 24.4 Å². The molecule has 0 aliphatic carbocycles. The van der Waals surface area contributed by atoms with Crippen molar-refractivity contribution in [1.82, 2.24) is 34.7 Å². The first-order valence-corrected chi connectivity index (χ1v) is 11.4. The number of H-pyrrole nitrogens is 1. The molecule has 0 amide bonds. The molecule has 6 rings (SSSR count). The standard InChI is InChI=1S/C26H20F2N8/c1-2-3-22-34-24-16(26-32-13-33-35-26)10-15(14-6-8-30-21(29)12-14)11-20(24)36(22)19-7-9-31-25-18(28)5-4-17(27)23(19)25/h4-13H,2-3H2,1H3,(H2,29,30)(H,32,33,35). The second-order valence-corrected chi connectivity index (χ2v) is 8.39. The molecule has 0 aliphatic rings. The van der Waals surface area contributed by atoms with Crippen molar-refractivity contribution in [2.24, 2.45) is 0 Å². The number of anilines is 1. The van der Waals surface area contributed by atoms with Crippen molar-refractivity contribution < 1.29 is 8.78 Å². The number of aromatic amines is 1. The van der Waals surface area contributed by atoms with Crippen molar-refractivity contribution in [2.45, 2.75) is 19.8 Å². The van der Waals surface area contributed by atoms with Crippen LogP contribution in [0.4, 0.5) is 14.6 Å². The Morgan fingerprint density at radius 2 is 1.75 bits per heavy atom. The van der Waals surface area contributed by atoms with Crippen LogP contribution in [0.3, 0.4) is 0 Å². The largest absolute Gasteiger partial charge is 0.384 e. The molecular weight excluding hydrogens is 462 g/mol. The topological polar surface area (TPSA) is 111 Å². The van der Waals surface area contributed by atoms with Gasteiger partial charge in [-0.05, 0) is 60.0 Å². The van der Waals surface area contributed by atoms with E-state index in [2.05, 4.69) is 25.1 Å². The minimum atomic E-state index is -0.593. The summed E-state index contributed by atoms with van der Waals surface area (Å²) in [6, 6.07) is 11.4. The molecule has 0 saturated heterocycles. The fraction of sp³-hybridized carbons (Fsp3) is 0.115. The number of aryl methyl sites for hydroxylation is 1. The number of hydrogen-bond donors (Lipinski definition) is 2. The average molecular weight is 482 g/mol. The predicted octanol–water partition coefficient (Wildman–Crippen LogP) is 5.23. The van der Waals surface area contributed by atoms with E-state index in [9.17, 15) is 4.39 Å². The van der Waals surface area contributed by atoms with Crippen LogP contribution in [0.15, 0.2) is 61.2 Å². The molecule has 8 nitrogen and oxygen atoms in total. The summed E-state index contributed by atoms with van der Waals surface area (Å²) in [7, 11) is 0. The molecule has 0 fully saturated rings. The van der Waals surface area contributed by atoms with Gasteiger partial charge in [-0.1, -0.05) is 6.92 Å². The number of benzene rings is 2. The van der Waals surface area contributed by atoms with Gasteiger partial charge in [-0.2, -0.15) is 5.10 Å². The zero-order chi connectivity index (χ0) is 24.8. The predicted molar refractivity (Wildman–Crippen MR) is 133 cm³/mol. The summed E-state index contributed by atoms with van der Waals surface area (Å²) >= 11 is 0. The van der Waals surface area contributed by atoms with Crippen LogP contribution in [-0.2, 0) is 6.42 Å². The molecule has 3 N–H and O–H groups in total. The SMILES string of the molecule is CCCc1nc2c(-c3ncn[nH]3)cc(-c3ccnc(N)c3)cc2n1-c1ccnc2c(F)ccc(F)c12. The molecular formula is C26H20F2N8. The van der Waals surface area contributed by atoms with Crippen molar-refractivity contribution in [1.29, 1.82) is 0 Å². The van der Waals surface area contributed by atoms with Gasteiger partial charge < -0.3 is 5.73 Å². The monoisotopic (exact) mass is 482 g/mol. The van der Waals surface area contributed by atoms with E-state index in [4.69, 9.17) is 10.7 Å². The lowest BCUT2D eigenvalue weighted by molar-refractivity contribution is 0.614. The molecule has 0 aliphatic heterocycles. The number of imidazole rings is 1. The normalized spacial score (nSPS) is 11.5. The number of fused-ring (bicyclic) bond motifs is 2. The third-order valence-corrected chi connectivity index (χ3v) is 6.10. The molecule has 0 unspecified atom stereocenters. The summed E-state index contributed by atoms with van der Waals surface area (Å²) < 4.78 is 31.6. The van der Waals surface area contributed by atoms with E-state index in [-0.39, 0.29) is 10.9 Å². The van der Waals surface area contributed by atoms with Crippen molar-refractivity contribution in [2.75, 3.05) is 5.73 Å². The number of nitrogens with one attached hydrogen (secondary N) is 1. The van der Waals surface area contributed by atoms with Gasteiger partial charge in [-0.3, -0.25) is 14.6 Å². The molecule has 4 aromatic heterocycles. The second kappa shape index (κ2) is 8.49. The highest BCUT2D eigenvalue weighted by molar-refractivity contribution is 5.98. The maximum atomic E-state index is 15.1. The van der Waals surface area contributed by atoms with Crippen molar-refractivity contribution in [3.05, 3.63) is 78.6 Å². The summed E-state index contributed by atoms with van der Waals surface area (Å²) in [4.78, 5) is 17.5. The molecule has 178 valence electrons. The minimum Gasteiger partial charge on any atom is -0.384 e. The molecule has 0 spiro atoms. The maximum Gasteiger partial charge on any atom is 0.157 e. The molecule has 0 atom stereocenters. The van der Waals surface area contributed by atoms with Crippen LogP contribution in [0, 0.1) is 11.6 Å². The van der Waals surface area contributed by atoms with E-state index in [0.717, 1.165) is 35.2 Å². The third kappa shape index (κ3) is 3.46. The highest BCUT2D eigenvalue weighted by Gasteiger charge is 2.22. The maximum absolute atomic E-state index is 15.1. The summed E-state index contributed by atoms with van der Waals surface area (Å²) in [6.07, 6.45) is 5.96. The van der Waals surface area contributed by atoms with Gasteiger partial charge in [-0.15, -0.1) is 0 Å². The van der Waals surface area contributed by atoms with Gasteiger partial charge in [0.15, 0.2) is 5.82 Å². The lowest BCUT2D eigenvalue weighted by Gasteiger charge is -2.14.